The molecule has 312 valence electrons. The summed E-state index contributed by atoms with van der Waals surface area (Å²) in [5.74, 6) is -0.449. The Bertz CT molecular complexity index is 2290. The van der Waals surface area contributed by atoms with E-state index in [-0.39, 0.29) is 40.8 Å². The van der Waals surface area contributed by atoms with Gasteiger partial charge in [-0.1, -0.05) is 47.5 Å². The van der Waals surface area contributed by atoms with Crippen molar-refractivity contribution in [3.05, 3.63) is 81.1 Å². The van der Waals surface area contributed by atoms with Crippen LogP contribution in [0.4, 0.5) is 11.4 Å². The van der Waals surface area contributed by atoms with Crippen LogP contribution < -0.4 is 10.6 Å². The molecule has 13 nitrogen and oxygen atoms in total. The Morgan fingerprint density at radius 3 is 2.27 bits per heavy atom. The number of aryl methyl sites for hydroxylation is 1. The number of hydrogen-bond donors (Lipinski definition) is 3. The van der Waals surface area contributed by atoms with E-state index in [1.54, 1.807) is 24.3 Å². The van der Waals surface area contributed by atoms with Gasteiger partial charge >= 0.3 is 5.97 Å². The van der Waals surface area contributed by atoms with E-state index in [4.69, 9.17) is 32.9 Å². The molecule has 2 bridgehead atoms. The standard InChI is InChI=1S/C44H52Cl2N8O5/c1-51-34-13-20-52(23-18-43-14-16-44(26-43,17-15-43)42(58)59-2)25-33(34)47-39(51)41(57)49-31-9-4-7-29(38(31)46)28-6-3-8-30(37(28)45)48-40(56)32-24-36-35(10-5-19-54(36)50-32)53-21-11-27(55)12-22-53/h3-4,6-9,24,27,35,55H,5,10-23,25-26H2,1-2H3,(H,48,56)(H,49,57). The molecule has 15 heteroatoms. The molecule has 3 aliphatic heterocycles. The maximum absolute atomic E-state index is 13.8. The van der Waals surface area contributed by atoms with Crippen molar-refractivity contribution >= 4 is 52.4 Å². The number of esters is 1. The molecule has 2 aromatic heterocycles. The Labute approximate surface area is 354 Å². The summed E-state index contributed by atoms with van der Waals surface area (Å²) in [6, 6.07) is 12.8. The summed E-state index contributed by atoms with van der Waals surface area (Å²) in [4.78, 5) is 49.6. The number of nitrogens with one attached hydrogen (secondary N) is 2. The number of nitrogens with zero attached hydrogens (tertiary/aromatic N) is 6. The molecule has 1 saturated heterocycles. The van der Waals surface area contributed by atoms with E-state index in [1.807, 2.05) is 34.5 Å². The molecule has 9 rings (SSSR count). The average Bonchev–Trinajstić information content (AvgIpc) is 4.03. The number of carbonyl (C=O) groups is 3. The molecule has 2 aromatic carbocycles. The van der Waals surface area contributed by atoms with E-state index in [0.717, 1.165) is 120 Å². The number of aromatic nitrogens is 4. The number of piperidine rings is 1. The van der Waals surface area contributed by atoms with Crippen LogP contribution in [-0.4, -0.2) is 91.4 Å². The fraction of sp³-hybridized carbons (Fsp3) is 0.523. The number of hydrogen-bond acceptors (Lipinski definition) is 9. The number of methoxy groups -OCH3 is 1. The number of halogens is 2. The number of likely N-dealkylation sites (tertiary alicyclic amines) is 1. The largest absolute Gasteiger partial charge is 0.469 e. The summed E-state index contributed by atoms with van der Waals surface area (Å²) in [5.41, 5.74) is 5.26. The molecule has 3 fully saturated rings. The van der Waals surface area contributed by atoms with Crippen LogP contribution in [0.5, 0.6) is 0 Å². The fourth-order valence-electron chi connectivity index (χ4n) is 10.7. The molecule has 59 heavy (non-hydrogen) atoms. The van der Waals surface area contributed by atoms with Gasteiger partial charge in [-0.25, -0.2) is 4.98 Å². The highest BCUT2D eigenvalue weighted by atomic mass is 35.5. The first-order chi connectivity index (χ1) is 28.5. The Morgan fingerprint density at radius 2 is 1.59 bits per heavy atom. The van der Waals surface area contributed by atoms with Gasteiger partial charge in [-0.2, -0.15) is 5.10 Å². The molecular formula is C44H52Cl2N8O5. The van der Waals surface area contributed by atoms with Crippen LogP contribution >= 0.6 is 23.2 Å². The topological polar surface area (TPSA) is 147 Å². The van der Waals surface area contributed by atoms with Gasteiger partial charge in [0.15, 0.2) is 11.5 Å². The molecule has 5 heterocycles. The van der Waals surface area contributed by atoms with Gasteiger partial charge in [-0.3, -0.25) is 28.9 Å². The predicted octanol–water partition coefficient (Wildman–Crippen LogP) is 7.26. The maximum atomic E-state index is 13.8. The van der Waals surface area contributed by atoms with Gasteiger partial charge in [0, 0.05) is 63.0 Å². The Hall–Kier alpha value is -4.27. The van der Waals surface area contributed by atoms with E-state index in [9.17, 15) is 19.5 Å². The number of aliphatic hydroxyl groups is 1. The number of imidazole rings is 1. The Morgan fingerprint density at radius 1 is 0.915 bits per heavy atom. The molecule has 3 N–H and O–H groups in total. The summed E-state index contributed by atoms with van der Waals surface area (Å²) in [6.07, 6.45) is 10.00. The lowest BCUT2D eigenvalue weighted by Gasteiger charge is -2.38. The molecule has 5 aliphatic rings. The van der Waals surface area contributed by atoms with E-state index >= 15 is 0 Å². The van der Waals surface area contributed by atoms with Crippen LogP contribution in [-0.2, 0) is 36.1 Å². The van der Waals surface area contributed by atoms with Crippen molar-refractivity contribution in [2.24, 2.45) is 17.9 Å². The van der Waals surface area contributed by atoms with Crippen molar-refractivity contribution < 1.29 is 24.2 Å². The van der Waals surface area contributed by atoms with Gasteiger partial charge in [-0.05, 0) is 94.4 Å². The lowest BCUT2D eigenvalue weighted by molar-refractivity contribution is -0.152. The molecule has 0 spiro atoms. The van der Waals surface area contributed by atoms with Gasteiger partial charge in [0.05, 0.1) is 57.5 Å². The van der Waals surface area contributed by atoms with Crippen LogP contribution in [0, 0.1) is 10.8 Å². The zero-order valence-corrected chi connectivity index (χ0v) is 35.2. The first-order valence-corrected chi connectivity index (χ1v) is 21.8. The number of benzene rings is 2. The molecule has 1 unspecified atom stereocenters. The number of anilines is 2. The molecular weight excluding hydrogens is 791 g/mol. The van der Waals surface area contributed by atoms with Crippen molar-refractivity contribution in [2.75, 3.05) is 43.9 Å². The summed E-state index contributed by atoms with van der Waals surface area (Å²) < 4.78 is 8.99. The number of fused-ring (bicyclic) bond motifs is 4. The van der Waals surface area contributed by atoms with Gasteiger partial charge in [0.1, 0.15) is 0 Å². The lowest BCUT2D eigenvalue weighted by Crippen LogP contribution is -2.40. The number of ether oxygens (including phenoxy) is 1. The zero-order valence-electron chi connectivity index (χ0n) is 33.7. The van der Waals surface area contributed by atoms with Crippen LogP contribution in [0.25, 0.3) is 11.1 Å². The van der Waals surface area contributed by atoms with Crippen molar-refractivity contribution in [2.45, 2.75) is 95.9 Å². The predicted molar refractivity (Wildman–Crippen MR) is 226 cm³/mol. The minimum atomic E-state index is -0.363. The van der Waals surface area contributed by atoms with Crippen LogP contribution in [0.2, 0.25) is 10.0 Å². The quantitative estimate of drug-likeness (QED) is 0.141. The minimum Gasteiger partial charge on any atom is -0.469 e. The first kappa shape index (κ1) is 40.2. The monoisotopic (exact) mass is 842 g/mol. The fourth-order valence-corrected chi connectivity index (χ4v) is 11.3. The van der Waals surface area contributed by atoms with Crippen LogP contribution in [0.1, 0.15) is 108 Å². The van der Waals surface area contributed by atoms with E-state index < -0.39 is 0 Å². The molecule has 0 radical (unpaired) electrons. The van der Waals surface area contributed by atoms with Gasteiger partial charge < -0.3 is 25.0 Å². The normalized spacial score (nSPS) is 24.5. The second-order valence-corrected chi connectivity index (χ2v) is 18.2. The smallest absolute Gasteiger partial charge is 0.311 e. The molecule has 1 atom stereocenters. The summed E-state index contributed by atoms with van der Waals surface area (Å²) in [6.45, 7) is 4.88. The number of amides is 2. The van der Waals surface area contributed by atoms with Crippen molar-refractivity contribution in [1.82, 2.24) is 29.1 Å². The minimum absolute atomic E-state index is 0.0412. The molecule has 4 aromatic rings. The van der Waals surface area contributed by atoms with Crippen LogP contribution in [0.3, 0.4) is 0 Å². The van der Waals surface area contributed by atoms with Crippen molar-refractivity contribution in [3.8, 4) is 11.1 Å². The van der Waals surface area contributed by atoms with Gasteiger partial charge in [0.2, 0.25) is 0 Å². The number of carbonyl (C=O) groups excluding carboxylic acids is 3. The van der Waals surface area contributed by atoms with Crippen molar-refractivity contribution in [3.63, 3.8) is 0 Å². The molecule has 2 amide bonds. The summed E-state index contributed by atoms with van der Waals surface area (Å²) in [7, 11) is 3.38. The third-order valence-electron chi connectivity index (χ3n) is 14.1. The molecule has 2 aliphatic carbocycles. The zero-order chi connectivity index (χ0) is 41.1. The highest BCUT2D eigenvalue weighted by Gasteiger charge is 2.58. The Kier molecular flexibility index (Phi) is 10.9. The maximum Gasteiger partial charge on any atom is 0.311 e. The van der Waals surface area contributed by atoms with Gasteiger partial charge in [-0.15, -0.1) is 0 Å². The van der Waals surface area contributed by atoms with Crippen molar-refractivity contribution in [1.29, 1.82) is 0 Å². The van der Waals surface area contributed by atoms with E-state index in [0.29, 0.717) is 50.6 Å². The highest BCUT2D eigenvalue weighted by molar-refractivity contribution is 6.40. The van der Waals surface area contributed by atoms with Gasteiger partial charge in [0.25, 0.3) is 11.8 Å². The van der Waals surface area contributed by atoms with Crippen LogP contribution in [0.15, 0.2) is 42.5 Å². The highest BCUT2D eigenvalue weighted by Crippen LogP contribution is 2.63. The summed E-state index contributed by atoms with van der Waals surface area (Å²) in [5, 5.41) is 21.3. The summed E-state index contributed by atoms with van der Waals surface area (Å²) >= 11 is 14.0. The Balaban J connectivity index is 0.859. The third-order valence-corrected chi connectivity index (χ3v) is 14.9. The number of aliphatic hydroxyl groups excluding tert-OH is 1. The second-order valence-electron chi connectivity index (χ2n) is 17.5. The SMILES string of the molecule is COC(=O)C12CCC(CCN3CCc4c(nc(C(=O)Nc5cccc(-c6cccc(NC(=O)c7cc8n(n7)CCCC8N7CCC(O)CC7)c6Cl)c5Cl)n4C)C3)(CC1)C2. The third kappa shape index (κ3) is 7.47. The van der Waals surface area contributed by atoms with E-state index in [1.165, 1.54) is 7.11 Å². The van der Waals surface area contributed by atoms with E-state index in [2.05, 4.69) is 25.5 Å². The first-order valence-electron chi connectivity index (χ1n) is 21.0. The average molecular weight is 844 g/mol. The lowest BCUT2D eigenvalue weighted by atomic mass is 9.80. The second kappa shape index (κ2) is 16.0. The number of rotatable bonds is 10. The molecule has 2 saturated carbocycles.